The molecule has 2 nitrogen and oxygen atoms in total. The van der Waals surface area contributed by atoms with Crippen LogP contribution in [0, 0.1) is 5.41 Å². The Morgan fingerprint density at radius 1 is 0.700 bits per heavy atom. The summed E-state index contributed by atoms with van der Waals surface area (Å²) in [7, 11) is 0. The fourth-order valence-corrected chi connectivity index (χ4v) is 3.20. The summed E-state index contributed by atoms with van der Waals surface area (Å²) in [5.74, 6) is 0.654. The second-order valence-corrected chi connectivity index (χ2v) is 9.72. The predicted molar refractivity (Wildman–Crippen MR) is 134 cm³/mol. The summed E-state index contributed by atoms with van der Waals surface area (Å²) in [4.78, 5) is 0. The van der Waals surface area contributed by atoms with E-state index in [9.17, 15) is 0 Å². The van der Waals surface area contributed by atoms with E-state index in [1.54, 1.807) is 18.2 Å². The van der Waals surface area contributed by atoms with Crippen molar-refractivity contribution >= 4 is 0 Å². The van der Waals surface area contributed by atoms with Crippen molar-refractivity contribution in [3.8, 4) is 0 Å². The Bertz CT molecular complexity index is 720. The van der Waals surface area contributed by atoms with Gasteiger partial charge in [-0.2, -0.15) is 0 Å². The molecule has 168 valence electrons. The highest BCUT2D eigenvalue weighted by Gasteiger charge is 2.41. The van der Waals surface area contributed by atoms with E-state index in [2.05, 4.69) is 74.8 Å². The van der Waals surface area contributed by atoms with E-state index in [0.717, 1.165) is 17.6 Å². The maximum atomic E-state index is 6.68. The van der Waals surface area contributed by atoms with Gasteiger partial charge in [0.1, 0.15) is 11.4 Å². The lowest BCUT2D eigenvalue weighted by Gasteiger charge is -2.47. The van der Waals surface area contributed by atoms with Crippen LogP contribution in [0.3, 0.4) is 0 Å². The lowest BCUT2D eigenvalue weighted by atomic mass is 9.75. The fourth-order valence-electron chi connectivity index (χ4n) is 3.20. The molecular weight excluding hydrogens is 368 g/mol. The van der Waals surface area contributed by atoms with Gasteiger partial charge in [-0.05, 0) is 69.8 Å². The molecule has 30 heavy (non-hydrogen) atoms. The minimum Gasteiger partial charge on any atom is -0.483 e. The van der Waals surface area contributed by atoms with Crippen molar-refractivity contribution in [3.63, 3.8) is 0 Å². The molecule has 0 aromatic heterocycles. The molecule has 0 N–H and O–H groups in total. The Hall–Kier alpha value is -2.06. The van der Waals surface area contributed by atoms with Gasteiger partial charge in [0.2, 0.25) is 0 Å². The minimum atomic E-state index is -0.572. The Kier molecular flexibility index (Phi) is 10.1. The molecule has 1 unspecified atom stereocenters. The second-order valence-electron chi connectivity index (χ2n) is 9.72. The van der Waals surface area contributed by atoms with E-state index in [1.807, 2.05) is 38.2 Å². The van der Waals surface area contributed by atoms with Crippen molar-refractivity contribution in [2.45, 2.75) is 85.5 Å². The van der Waals surface area contributed by atoms with Gasteiger partial charge < -0.3 is 9.47 Å². The van der Waals surface area contributed by atoms with Crippen LogP contribution in [-0.2, 0) is 9.47 Å². The minimum absolute atomic E-state index is 0.000866. The Morgan fingerprint density at radius 3 is 1.57 bits per heavy atom. The quantitative estimate of drug-likeness (QED) is 0.237. The summed E-state index contributed by atoms with van der Waals surface area (Å²) in [5, 5.41) is 0. The van der Waals surface area contributed by atoms with Gasteiger partial charge in [0, 0.05) is 0 Å². The van der Waals surface area contributed by atoms with Gasteiger partial charge in [-0.15, -0.1) is 0 Å². The maximum absolute atomic E-state index is 6.68. The first kappa shape index (κ1) is 27.9. The Morgan fingerprint density at radius 2 is 1.20 bits per heavy atom. The fraction of sp³-hybridized carbons (Fsp3) is 0.500. The number of hydrogen-bond acceptors (Lipinski definition) is 2. The smallest absolute Gasteiger partial charge is 0.128 e. The van der Waals surface area contributed by atoms with E-state index >= 15 is 0 Å². The van der Waals surface area contributed by atoms with Crippen LogP contribution in [0.25, 0.3) is 0 Å². The maximum Gasteiger partial charge on any atom is 0.128 e. The number of hydrogen-bond donors (Lipinski definition) is 0. The molecular formula is C28H44O2. The molecule has 0 aliphatic rings. The molecule has 0 saturated heterocycles. The van der Waals surface area contributed by atoms with Gasteiger partial charge in [-0.1, -0.05) is 84.4 Å². The molecule has 2 heteroatoms. The zero-order valence-corrected chi connectivity index (χ0v) is 20.9. The SMILES string of the molecule is C=C/C=C(\C=C)C(C)(C)O/C(C=C)=C/C=C(\C=C)C(C)(C)OC(C)(CC)C(C)(C)C. The monoisotopic (exact) mass is 412 g/mol. The second kappa shape index (κ2) is 10.8. The first-order valence-corrected chi connectivity index (χ1v) is 10.7. The molecule has 0 radical (unpaired) electrons. The van der Waals surface area contributed by atoms with Gasteiger partial charge in [-0.25, -0.2) is 0 Å². The van der Waals surface area contributed by atoms with Gasteiger partial charge in [0.15, 0.2) is 0 Å². The van der Waals surface area contributed by atoms with E-state index in [4.69, 9.17) is 9.47 Å². The molecule has 0 amide bonds. The van der Waals surface area contributed by atoms with E-state index in [0.29, 0.717) is 5.76 Å². The highest BCUT2D eigenvalue weighted by atomic mass is 16.5. The molecule has 0 saturated carbocycles. The largest absolute Gasteiger partial charge is 0.483 e. The van der Waals surface area contributed by atoms with Gasteiger partial charge in [-0.3, -0.25) is 0 Å². The zero-order chi connectivity index (χ0) is 23.8. The van der Waals surface area contributed by atoms with Crippen LogP contribution in [0.2, 0.25) is 0 Å². The van der Waals surface area contributed by atoms with Crippen molar-refractivity contribution in [2.24, 2.45) is 5.41 Å². The van der Waals surface area contributed by atoms with Crippen molar-refractivity contribution in [2.75, 3.05) is 0 Å². The zero-order valence-electron chi connectivity index (χ0n) is 20.9. The molecule has 0 spiro atoms. The standard InChI is InChI=1S/C28H44O2/c1-14-19-22(15-2)26(9,10)29-24(17-4)21-20-23(16-3)27(11,12)30-28(13,18-5)25(6,7)8/h14-17,19-21H,1-4,18H2,5-13H3/b22-19+,23-20+,24-21+. The predicted octanol–water partition coefficient (Wildman–Crippen LogP) is 8.27. The van der Waals surface area contributed by atoms with E-state index in [1.165, 1.54) is 0 Å². The normalized spacial score (nSPS) is 16.5. The summed E-state index contributed by atoms with van der Waals surface area (Å²) < 4.78 is 12.9. The van der Waals surface area contributed by atoms with Crippen LogP contribution in [0.1, 0.15) is 68.7 Å². The Labute approximate surface area is 186 Å². The first-order chi connectivity index (χ1) is 13.6. The summed E-state index contributed by atoms with van der Waals surface area (Å²) in [6.07, 6.45) is 13.8. The molecule has 0 aromatic rings. The number of rotatable bonds is 12. The molecule has 0 heterocycles. The lowest BCUT2D eigenvalue weighted by molar-refractivity contribution is -0.166. The summed E-state index contributed by atoms with van der Waals surface area (Å²) in [6, 6.07) is 0. The van der Waals surface area contributed by atoms with Crippen molar-refractivity contribution in [3.05, 3.63) is 85.8 Å². The Balaban J connectivity index is 5.96. The topological polar surface area (TPSA) is 18.5 Å². The first-order valence-electron chi connectivity index (χ1n) is 10.7. The van der Waals surface area contributed by atoms with Crippen molar-refractivity contribution < 1.29 is 9.47 Å². The molecule has 0 aromatic carbocycles. The van der Waals surface area contributed by atoms with Crippen LogP contribution in [0.15, 0.2) is 85.8 Å². The summed E-state index contributed by atoms with van der Waals surface area (Å²) in [6.45, 7) is 34.7. The lowest BCUT2D eigenvalue weighted by Crippen LogP contribution is -2.48. The third-order valence-electron chi connectivity index (χ3n) is 5.87. The molecule has 1 atom stereocenters. The van der Waals surface area contributed by atoms with Crippen LogP contribution in [-0.4, -0.2) is 16.8 Å². The third kappa shape index (κ3) is 7.32. The molecule has 0 bridgehead atoms. The van der Waals surface area contributed by atoms with E-state index in [-0.39, 0.29) is 11.0 Å². The third-order valence-corrected chi connectivity index (χ3v) is 5.87. The average molecular weight is 413 g/mol. The molecule has 0 aliphatic heterocycles. The van der Waals surface area contributed by atoms with Gasteiger partial charge in [0.05, 0.1) is 11.2 Å². The highest BCUT2D eigenvalue weighted by Crippen LogP contribution is 2.41. The van der Waals surface area contributed by atoms with Crippen LogP contribution >= 0.6 is 0 Å². The van der Waals surface area contributed by atoms with Crippen LogP contribution < -0.4 is 0 Å². The molecule has 0 rings (SSSR count). The van der Waals surface area contributed by atoms with Gasteiger partial charge >= 0.3 is 0 Å². The van der Waals surface area contributed by atoms with Crippen molar-refractivity contribution in [1.29, 1.82) is 0 Å². The average Bonchev–Trinajstić information content (AvgIpc) is 2.63. The van der Waals surface area contributed by atoms with Crippen LogP contribution in [0.5, 0.6) is 0 Å². The van der Waals surface area contributed by atoms with Crippen LogP contribution in [0.4, 0.5) is 0 Å². The van der Waals surface area contributed by atoms with E-state index < -0.39 is 11.2 Å². The molecule has 0 aliphatic carbocycles. The van der Waals surface area contributed by atoms with Crippen molar-refractivity contribution in [1.82, 2.24) is 0 Å². The van der Waals surface area contributed by atoms with Gasteiger partial charge in [0.25, 0.3) is 0 Å². The number of ether oxygens (including phenoxy) is 2. The highest BCUT2D eigenvalue weighted by molar-refractivity contribution is 5.34. The summed E-state index contributed by atoms with van der Waals surface area (Å²) in [5.41, 5.74) is 0.531. The summed E-state index contributed by atoms with van der Waals surface area (Å²) >= 11 is 0. The number of allylic oxidation sites excluding steroid dienone is 5. The molecule has 0 fully saturated rings.